The highest BCUT2D eigenvalue weighted by Crippen LogP contribution is 2.27. The first-order valence-corrected chi connectivity index (χ1v) is 9.03. The molecule has 1 amide bonds. The van der Waals surface area contributed by atoms with E-state index in [1.807, 2.05) is 58.9 Å². The maximum absolute atomic E-state index is 11.9. The zero-order chi connectivity index (χ0) is 19.8. The minimum Gasteiger partial charge on any atom is -0.424 e. The predicted octanol–water partition coefficient (Wildman–Crippen LogP) is 4.67. The van der Waals surface area contributed by atoms with Crippen LogP contribution in [0.2, 0.25) is 0 Å². The lowest BCUT2D eigenvalue weighted by atomic mass is 10.1. The van der Waals surface area contributed by atoms with Crippen LogP contribution in [-0.2, 0) is 4.79 Å². The Morgan fingerprint density at radius 1 is 1.33 bits per heavy atom. The van der Waals surface area contributed by atoms with E-state index in [1.54, 1.807) is 18.5 Å². The van der Waals surface area contributed by atoms with Crippen LogP contribution in [0.4, 0.5) is 5.69 Å². The predicted molar refractivity (Wildman–Crippen MR) is 109 cm³/mol. The molecule has 0 unspecified atom stereocenters. The lowest BCUT2D eigenvalue weighted by Gasteiger charge is -2.12. The maximum atomic E-state index is 11.9. The van der Waals surface area contributed by atoms with Gasteiger partial charge in [-0.1, -0.05) is 26.0 Å². The molecule has 142 valence electrons. The highest BCUT2D eigenvalue weighted by atomic mass is 16.5. The van der Waals surface area contributed by atoms with E-state index >= 15 is 0 Å². The number of amides is 1. The van der Waals surface area contributed by atoms with E-state index in [4.69, 9.17) is 4.74 Å². The molecule has 6 heteroatoms. The lowest BCUT2D eigenvalue weighted by Crippen LogP contribution is -2.17. The quantitative estimate of drug-likeness (QED) is 0.723. The number of benzene rings is 1. The number of aryl methyl sites for hydroxylation is 1. The number of carbonyl (C=O) groups is 1. The number of hydrogen-bond acceptors (Lipinski definition) is 5. The van der Waals surface area contributed by atoms with Crippen LogP contribution in [0.1, 0.15) is 39.0 Å². The van der Waals surface area contributed by atoms with Crippen molar-refractivity contribution < 1.29 is 9.53 Å². The smallest absolute Gasteiger partial charge is 0.322 e. The Morgan fingerprint density at radius 3 is 2.78 bits per heavy atom. The van der Waals surface area contributed by atoms with Gasteiger partial charge in [0.1, 0.15) is 5.75 Å². The molecule has 2 rings (SSSR count). The minimum atomic E-state index is -0.0975. The van der Waals surface area contributed by atoms with E-state index in [2.05, 4.69) is 20.3 Å². The van der Waals surface area contributed by atoms with Crippen LogP contribution in [0, 0.1) is 12.8 Å². The van der Waals surface area contributed by atoms with Crippen molar-refractivity contribution in [3.63, 3.8) is 0 Å². The molecule has 0 saturated heterocycles. The van der Waals surface area contributed by atoms with Crippen LogP contribution < -0.4 is 10.1 Å². The summed E-state index contributed by atoms with van der Waals surface area (Å²) in [4.78, 5) is 24.8. The largest absolute Gasteiger partial charge is 0.424 e. The molecule has 0 aliphatic carbocycles. The van der Waals surface area contributed by atoms with Gasteiger partial charge < -0.3 is 10.1 Å². The van der Waals surface area contributed by atoms with Gasteiger partial charge in [0, 0.05) is 42.2 Å². The summed E-state index contributed by atoms with van der Waals surface area (Å²) in [6.45, 7) is 10.2. The number of nitrogens with zero attached hydrogens (tertiary/aromatic N) is 3. The third-order valence-corrected chi connectivity index (χ3v) is 3.83. The number of hydrogen-bond donors (Lipinski definition) is 1. The summed E-state index contributed by atoms with van der Waals surface area (Å²) in [7, 11) is 0. The molecular weight excluding hydrogens is 340 g/mol. The Balaban J connectivity index is 2.25. The molecule has 0 saturated carbocycles. The zero-order valence-electron chi connectivity index (χ0n) is 16.5. The van der Waals surface area contributed by atoms with Crippen LogP contribution >= 0.6 is 0 Å². The van der Waals surface area contributed by atoms with E-state index in [0.717, 1.165) is 16.8 Å². The fraction of sp³-hybridized carbons (Fsp3) is 0.333. The summed E-state index contributed by atoms with van der Waals surface area (Å²) in [5, 5.41) is 2.87. The molecule has 1 heterocycles. The fourth-order valence-corrected chi connectivity index (χ4v) is 2.20. The van der Waals surface area contributed by atoms with Crippen LogP contribution in [0.5, 0.6) is 11.8 Å². The van der Waals surface area contributed by atoms with Crippen LogP contribution in [0.3, 0.4) is 0 Å². The molecule has 0 fully saturated rings. The van der Waals surface area contributed by atoms with Gasteiger partial charge in [0.15, 0.2) is 0 Å². The number of aliphatic imine (C=N–C) groups is 1. The SMILES string of the molecule is C/C=C(\C=NCC)c1ccnc(Oc2cc(NC(=O)C(C)C)ccc2C)n1. The Kier molecular flexibility index (Phi) is 7.23. The average molecular weight is 366 g/mol. The molecule has 0 spiro atoms. The van der Waals surface area contributed by atoms with Crippen LogP contribution in [0.15, 0.2) is 41.5 Å². The normalized spacial score (nSPS) is 11.9. The Bertz CT molecular complexity index is 857. The summed E-state index contributed by atoms with van der Waals surface area (Å²) in [6, 6.07) is 7.57. The topological polar surface area (TPSA) is 76.5 Å². The van der Waals surface area contributed by atoms with E-state index in [-0.39, 0.29) is 17.8 Å². The summed E-state index contributed by atoms with van der Waals surface area (Å²) >= 11 is 0. The standard InChI is InChI=1S/C21H26N4O2/c1-6-16(13-22-7-2)18-10-11-23-21(25-18)27-19-12-17(9-8-15(19)5)24-20(26)14(3)4/h6,8-14H,7H2,1-5H3,(H,24,26)/b16-6+,22-13?. The van der Waals surface area contributed by atoms with Gasteiger partial charge in [-0.05, 0) is 38.5 Å². The number of carbonyl (C=O) groups excluding carboxylic acids is 1. The number of rotatable bonds is 7. The minimum absolute atomic E-state index is 0.0454. The number of allylic oxidation sites excluding steroid dienone is 2. The van der Waals surface area contributed by atoms with Gasteiger partial charge in [0.05, 0.1) is 5.69 Å². The first-order valence-electron chi connectivity index (χ1n) is 9.03. The highest BCUT2D eigenvalue weighted by molar-refractivity contribution is 6.08. The molecular formula is C21H26N4O2. The fourth-order valence-electron chi connectivity index (χ4n) is 2.20. The van der Waals surface area contributed by atoms with Crippen molar-refractivity contribution in [1.29, 1.82) is 0 Å². The molecule has 0 aliphatic rings. The zero-order valence-corrected chi connectivity index (χ0v) is 16.5. The summed E-state index contributed by atoms with van der Waals surface area (Å²) in [6.07, 6.45) is 5.39. The Labute approximate surface area is 160 Å². The molecule has 1 aromatic heterocycles. The van der Waals surface area contributed by atoms with Crippen LogP contribution in [-0.4, -0.2) is 28.6 Å². The third kappa shape index (κ3) is 5.74. The number of nitrogens with one attached hydrogen (secondary N) is 1. The second-order valence-corrected chi connectivity index (χ2v) is 6.32. The molecule has 0 radical (unpaired) electrons. The van der Waals surface area contributed by atoms with Crippen molar-refractivity contribution in [2.75, 3.05) is 11.9 Å². The van der Waals surface area contributed by atoms with Gasteiger partial charge in [-0.25, -0.2) is 4.98 Å². The van der Waals surface area contributed by atoms with Gasteiger partial charge in [-0.15, -0.1) is 0 Å². The van der Waals surface area contributed by atoms with E-state index in [1.165, 1.54) is 0 Å². The molecule has 1 aromatic carbocycles. The highest BCUT2D eigenvalue weighted by Gasteiger charge is 2.11. The molecule has 0 bridgehead atoms. The molecule has 27 heavy (non-hydrogen) atoms. The molecule has 2 aromatic rings. The molecule has 1 N–H and O–H groups in total. The van der Waals surface area contributed by atoms with Crippen LogP contribution in [0.25, 0.3) is 5.57 Å². The first kappa shape index (κ1) is 20.3. The van der Waals surface area contributed by atoms with Gasteiger partial charge in [0.2, 0.25) is 5.91 Å². The van der Waals surface area contributed by atoms with Crippen molar-refractivity contribution >= 4 is 23.4 Å². The average Bonchev–Trinajstić information content (AvgIpc) is 2.65. The Hall–Kier alpha value is -3.02. The van der Waals surface area contributed by atoms with Gasteiger partial charge in [-0.2, -0.15) is 4.98 Å². The van der Waals surface area contributed by atoms with Crippen molar-refractivity contribution in [1.82, 2.24) is 9.97 Å². The lowest BCUT2D eigenvalue weighted by molar-refractivity contribution is -0.118. The Morgan fingerprint density at radius 2 is 2.11 bits per heavy atom. The van der Waals surface area contributed by atoms with Crippen molar-refractivity contribution in [2.24, 2.45) is 10.9 Å². The number of aromatic nitrogens is 2. The molecule has 0 atom stereocenters. The van der Waals surface area contributed by atoms with E-state index in [0.29, 0.717) is 18.0 Å². The van der Waals surface area contributed by atoms with Gasteiger partial charge in [-0.3, -0.25) is 9.79 Å². The molecule has 6 nitrogen and oxygen atoms in total. The second-order valence-electron chi connectivity index (χ2n) is 6.32. The molecule has 0 aliphatic heterocycles. The van der Waals surface area contributed by atoms with E-state index in [9.17, 15) is 4.79 Å². The summed E-state index contributed by atoms with van der Waals surface area (Å²) in [5.74, 6) is 0.452. The van der Waals surface area contributed by atoms with Crippen molar-refractivity contribution in [2.45, 2.75) is 34.6 Å². The monoisotopic (exact) mass is 366 g/mol. The summed E-state index contributed by atoms with van der Waals surface area (Å²) in [5.41, 5.74) is 3.24. The number of ether oxygens (including phenoxy) is 1. The second kappa shape index (κ2) is 9.62. The van der Waals surface area contributed by atoms with Crippen molar-refractivity contribution in [3.05, 3.63) is 47.8 Å². The number of anilines is 1. The van der Waals surface area contributed by atoms with Gasteiger partial charge in [0.25, 0.3) is 0 Å². The third-order valence-electron chi connectivity index (χ3n) is 3.83. The first-order chi connectivity index (χ1) is 12.9. The summed E-state index contributed by atoms with van der Waals surface area (Å²) < 4.78 is 5.89. The van der Waals surface area contributed by atoms with E-state index < -0.39 is 0 Å². The maximum Gasteiger partial charge on any atom is 0.322 e. The van der Waals surface area contributed by atoms with Crippen molar-refractivity contribution in [3.8, 4) is 11.8 Å². The van der Waals surface area contributed by atoms with Gasteiger partial charge >= 0.3 is 6.01 Å².